The molecule has 0 bridgehead atoms. The van der Waals surface area contributed by atoms with Gasteiger partial charge in [-0.05, 0) is 55.8 Å². The number of hydrogen-bond acceptors (Lipinski definition) is 4. The minimum Gasteiger partial charge on any atom is -0.354 e. The first-order chi connectivity index (χ1) is 14.0. The predicted molar refractivity (Wildman–Crippen MR) is 108 cm³/mol. The van der Waals surface area contributed by atoms with E-state index in [-0.39, 0.29) is 11.8 Å². The van der Waals surface area contributed by atoms with Crippen LogP contribution < -0.4 is 4.90 Å². The molecule has 0 saturated carbocycles. The highest BCUT2D eigenvalue weighted by molar-refractivity contribution is 5.92. The molecule has 0 N–H and O–H groups in total. The molecule has 2 aromatic rings. The Balaban J connectivity index is 1.49. The van der Waals surface area contributed by atoms with Crippen molar-refractivity contribution in [2.45, 2.75) is 18.8 Å². The van der Waals surface area contributed by atoms with Gasteiger partial charge in [0.2, 0.25) is 0 Å². The molecule has 154 valence electrons. The number of benzene rings is 1. The maximum absolute atomic E-state index is 14.2. The van der Waals surface area contributed by atoms with Crippen LogP contribution in [0.15, 0.2) is 36.4 Å². The van der Waals surface area contributed by atoms with Crippen molar-refractivity contribution >= 4 is 11.7 Å². The summed E-state index contributed by atoms with van der Waals surface area (Å²) in [6.45, 7) is 4.67. The lowest BCUT2D eigenvalue weighted by molar-refractivity contribution is 0.0700. The molecule has 4 rings (SSSR count). The van der Waals surface area contributed by atoms with Crippen molar-refractivity contribution in [1.29, 1.82) is 0 Å². The van der Waals surface area contributed by atoms with Gasteiger partial charge >= 0.3 is 0 Å². The molecule has 7 heteroatoms. The molecule has 5 nitrogen and oxygen atoms in total. The Morgan fingerprint density at radius 2 is 1.86 bits per heavy atom. The Labute approximate surface area is 169 Å². The Bertz CT molecular complexity index is 883. The topological polar surface area (TPSA) is 39.7 Å². The van der Waals surface area contributed by atoms with Gasteiger partial charge < -0.3 is 14.7 Å². The SMILES string of the molecule is CN1CCN(c2cccc(C(=O)N3CCCC(c4cc(F)ccc4F)C3)n2)CC1. The molecule has 2 aliphatic heterocycles. The smallest absolute Gasteiger partial charge is 0.272 e. The third-order valence-corrected chi connectivity index (χ3v) is 5.89. The molecule has 0 radical (unpaired) electrons. The van der Waals surface area contributed by atoms with Crippen LogP contribution in [-0.4, -0.2) is 67.0 Å². The van der Waals surface area contributed by atoms with E-state index in [4.69, 9.17) is 0 Å². The van der Waals surface area contributed by atoms with Crippen molar-refractivity contribution in [1.82, 2.24) is 14.8 Å². The summed E-state index contributed by atoms with van der Waals surface area (Å²) >= 11 is 0. The highest BCUT2D eigenvalue weighted by Crippen LogP contribution is 2.30. The number of pyridine rings is 1. The molecule has 0 spiro atoms. The number of likely N-dealkylation sites (N-methyl/N-ethyl adjacent to an activating group) is 1. The molecule has 1 aromatic carbocycles. The van der Waals surface area contributed by atoms with Crippen molar-refractivity contribution in [3.05, 3.63) is 59.3 Å². The Hall–Kier alpha value is -2.54. The molecule has 1 unspecified atom stereocenters. The minimum absolute atomic E-state index is 0.150. The van der Waals surface area contributed by atoms with Gasteiger partial charge in [0.1, 0.15) is 23.1 Å². The van der Waals surface area contributed by atoms with E-state index >= 15 is 0 Å². The normalized spacial score (nSPS) is 20.7. The van der Waals surface area contributed by atoms with Crippen LogP contribution in [0, 0.1) is 11.6 Å². The van der Waals surface area contributed by atoms with Crippen LogP contribution >= 0.6 is 0 Å². The fourth-order valence-corrected chi connectivity index (χ4v) is 4.16. The largest absolute Gasteiger partial charge is 0.354 e. The number of halogens is 2. The first-order valence-corrected chi connectivity index (χ1v) is 10.2. The van der Waals surface area contributed by atoms with E-state index in [1.54, 1.807) is 11.0 Å². The van der Waals surface area contributed by atoms with Crippen molar-refractivity contribution in [2.75, 3.05) is 51.2 Å². The standard InChI is InChI=1S/C22H26F2N4O/c1-26-10-12-27(13-11-26)21-6-2-5-20(25-21)22(29)28-9-3-4-16(15-28)18-14-17(23)7-8-19(18)24/h2,5-8,14,16H,3-4,9-13,15H2,1H3. The van der Waals surface area contributed by atoms with Crippen LogP contribution in [0.5, 0.6) is 0 Å². The fourth-order valence-electron chi connectivity index (χ4n) is 4.16. The molecule has 2 aliphatic rings. The highest BCUT2D eigenvalue weighted by atomic mass is 19.1. The summed E-state index contributed by atoms with van der Waals surface area (Å²) in [4.78, 5) is 23.9. The number of likely N-dealkylation sites (tertiary alicyclic amines) is 1. The van der Waals surface area contributed by atoms with Crippen molar-refractivity contribution in [2.24, 2.45) is 0 Å². The lowest BCUT2D eigenvalue weighted by atomic mass is 9.90. The third kappa shape index (κ3) is 4.40. The number of amides is 1. The number of piperazine rings is 1. The number of aromatic nitrogens is 1. The zero-order valence-corrected chi connectivity index (χ0v) is 16.7. The zero-order chi connectivity index (χ0) is 20.4. The second kappa shape index (κ2) is 8.45. The predicted octanol–water partition coefficient (Wildman–Crippen LogP) is 3.13. The van der Waals surface area contributed by atoms with Gasteiger partial charge in [0.15, 0.2) is 0 Å². The van der Waals surface area contributed by atoms with Gasteiger partial charge in [0.25, 0.3) is 5.91 Å². The average Bonchev–Trinajstić information content (AvgIpc) is 2.75. The molecule has 2 saturated heterocycles. The van der Waals surface area contributed by atoms with Gasteiger partial charge in [-0.2, -0.15) is 0 Å². The maximum Gasteiger partial charge on any atom is 0.272 e. The third-order valence-electron chi connectivity index (χ3n) is 5.89. The van der Waals surface area contributed by atoms with Gasteiger partial charge in [-0.3, -0.25) is 4.79 Å². The summed E-state index contributed by atoms with van der Waals surface area (Å²) in [5.41, 5.74) is 0.753. The van der Waals surface area contributed by atoms with Crippen LogP contribution in [0.3, 0.4) is 0 Å². The summed E-state index contributed by atoms with van der Waals surface area (Å²) in [5, 5.41) is 0. The molecule has 1 atom stereocenters. The van der Waals surface area contributed by atoms with Gasteiger partial charge in [-0.25, -0.2) is 13.8 Å². The number of anilines is 1. The molecular formula is C22H26F2N4O. The minimum atomic E-state index is -0.452. The number of nitrogens with zero attached hydrogens (tertiary/aromatic N) is 4. The van der Waals surface area contributed by atoms with Crippen molar-refractivity contribution in [3.63, 3.8) is 0 Å². The van der Waals surface area contributed by atoms with Crippen LogP contribution in [0.4, 0.5) is 14.6 Å². The van der Waals surface area contributed by atoms with E-state index in [0.717, 1.165) is 57.0 Å². The maximum atomic E-state index is 14.2. The quantitative estimate of drug-likeness (QED) is 0.794. The second-order valence-corrected chi connectivity index (χ2v) is 7.93. The van der Waals surface area contributed by atoms with E-state index < -0.39 is 11.6 Å². The lowest BCUT2D eigenvalue weighted by Gasteiger charge is -2.34. The summed E-state index contributed by atoms with van der Waals surface area (Å²) in [7, 11) is 2.10. The van der Waals surface area contributed by atoms with E-state index in [9.17, 15) is 13.6 Å². The first-order valence-electron chi connectivity index (χ1n) is 10.2. The van der Waals surface area contributed by atoms with Crippen LogP contribution in [0.2, 0.25) is 0 Å². The lowest BCUT2D eigenvalue weighted by Crippen LogP contribution is -2.45. The second-order valence-electron chi connectivity index (χ2n) is 7.93. The van der Waals surface area contributed by atoms with E-state index in [1.807, 2.05) is 12.1 Å². The van der Waals surface area contributed by atoms with E-state index in [1.165, 1.54) is 6.07 Å². The molecular weight excluding hydrogens is 374 g/mol. The van der Waals surface area contributed by atoms with Crippen LogP contribution in [-0.2, 0) is 0 Å². The number of carbonyl (C=O) groups excluding carboxylic acids is 1. The molecule has 29 heavy (non-hydrogen) atoms. The molecule has 1 aromatic heterocycles. The van der Waals surface area contributed by atoms with Crippen molar-refractivity contribution in [3.8, 4) is 0 Å². The molecule has 3 heterocycles. The monoisotopic (exact) mass is 400 g/mol. The number of rotatable bonds is 3. The van der Waals surface area contributed by atoms with E-state index in [2.05, 4.69) is 21.8 Å². The average molecular weight is 400 g/mol. The molecule has 0 aliphatic carbocycles. The fraction of sp³-hybridized carbons (Fsp3) is 0.455. The summed E-state index contributed by atoms with van der Waals surface area (Å²) in [5.74, 6) is -0.410. The Morgan fingerprint density at radius 1 is 1.07 bits per heavy atom. The zero-order valence-electron chi connectivity index (χ0n) is 16.7. The summed E-state index contributed by atoms with van der Waals surface area (Å²) in [6.07, 6.45) is 1.49. The van der Waals surface area contributed by atoms with Gasteiger partial charge in [-0.1, -0.05) is 6.07 Å². The summed E-state index contributed by atoms with van der Waals surface area (Å²) < 4.78 is 27.8. The summed E-state index contributed by atoms with van der Waals surface area (Å²) in [6, 6.07) is 9.06. The molecule has 1 amide bonds. The number of piperidine rings is 1. The first kappa shape index (κ1) is 19.8. The Morgan fingerprint density at radius 3 is 2.66 bits per heavy atom. The van der Waals surface area contributed by atoms with Crippen molar-refractivity contribution < 1.29 is 13.6 Å². The van der Waals surface area contributed by atoms with Crippen LogP contribution in [0.25, 0.3) is 0 Å². The van der Waals surface area contributed by atoms with E-state index in [0.29, 0.717) is 24.3 Å². The molecule has 2 fully saturated rings. The van der Waals surface area contributed by atoms with Gasteiger partial charge in [-0.15, -0.1) is 0 Å². The van der Waals surface area contributed by atoms with Gasteiger partial charge in [0.05, 0.1) is 0 Å². The van der Waals surface area contributed by atoms with Crippen LogP contribution in [0.1, 0.15) is 34.8 Å². The Kier molecular flexibility index (Phi) is 5.76. The number of hydrogen-bond donors (Lipinski definition) is 0. The van der Waals surface area contributed by atoms with Gasteiger partial charge in [0, 0.05) is 45.2 Å². The highest BCUT2D eigenvalue weighted by Gasteiger charge is 2.28. The number of carbonyl (C=O) groups is 1.